The Bertz CT molecular complexity index is 262. The van der Waals surface area contributed by atoms with Crippen LogP contribution in [0.3, 0.4) is 0 Å². The second kappa shape index (κ2) is 4.13. The molecule has 3 heteroatoms. The fourth-order valence-corrected chi connectivity index (χ4v) is 2.39. The molecule has 0 bridgehead atoms. The number of hydrogen-bond donors (Lipinski definition) is 1. The Kier molecular flexibility index (Phi) is 2.87. The Morgan fingerprint density at radius 3 is 2.71 bits per heavy atom. The summed E-state index contributed by atoms with van der Waals surface area (Å²) in [6.45, 7) is 1.88. The Labute approximate surface area is 85.3 Å². The number of aryl methyl sites for hydroxylation is 1. The molecule has 1 fully saturated rings. The van der Waals surface area contributed by atoms with E-state index in [-0.39, 0.29) is 0 Å². The fraction of sp³-hybridized carbons (Fsp3) is 0.727. The molecule has 0 radical (unpaired) electrons. The van der Waals surface area contributed by atoms with Gasteiger partial charge in [0.25, 0.3) is 0 Å². The molecule has 0 amide bonds. The van der Waals surface area contributed by atoms with Crippen LogP contribution in [0, 0.1) is 5.41 Å². The molecule has 1 aliphatic carbocycles. The van der Waals surface area contributed by atoms with Crippen molar-refractivity contribution in [3.05, 3.63) is 18.5 Å². The lowest BCUT2D eigenvalue weighted by Crippen LogP contribution is -2.33. The summed E-state index contributed by atoms with van der Waals surface area (Å²) in [6, 6.07) is 1.98. The van der Waals surface area contributed by atoms with Crippen LogP contribution in [0.25, 0.3) is 0 Å². The Morgan fingerprint density at radius 1 is 1.36 bits per heavy atom. The highest BCUT2D eigenvalue weighted by Gasteiger charge is 2.35. The molecule has 78 valence electrons. The van der Waals surface area contributed by atoms with Crippen molar-refractivity contribution in [3.8, 4) is 0 Å². The van der Waals surface area contributed by atoms with E-state index in [9.17, 15) is 0 Å². The van der Waals surface area contributed by atoms with Crippen LogP contribution in [0.4, 0.5) is 0 Å². The minimum Gasteiger partial charge on any atom is -0.330 e. The van der Waals surface area contributed by atoms with Gasteiger partial charge in [-0.1, -0.05) is 6.42 Å². The molecule has 2 rings (SSSR count). The second-order valence-electron chi connectivity index (χ2n) is 4.41. The molecule has 1 aliphatic rings. The molecule has 3 nitrogen and oxygen atoms in total. The summed E-state index contributed by atoms with van der Waals surface area (Å²) in [5, 5.41) is 4.22. The van der Waals surface area contributed by atoms with Gasteiger partial charge in [0.1, 0.15) is 0 Å². The number of rotatable bonds is 5. The van der Waals surface area contributed by atoms with E-state index in [2.05, 4.69) is 5.10 Å². The van der Waals surface area contributed by atoms with Gasteiger partial charge in [0.05, 0.1) is 0 Å². The smallest absolute Gasteiger partial charge is 0.0489 e. The molecule has 0 aliphatic heterocycles. The van der Waals surface area contributed by atoms with E-state index in [1.165, 1.54) is 32.1 Å². The molecule has 0 spiro atoms. The van der Waals surface area contributed by atoms with Crippen LogP contribution in [0.2, 0.25) is 0 Å². The topological polar surface area (TPSA) is 43.8 Å². The average molecular weight is 193 g/mol. The molecule has 0 aromatic carbocycles. The van der Waals surface area contributed by atoms with Crippen LogP contribution in [-0.2, 0) is 6.54 Å². The lowest BCUT2D eigenvalue weighted by Gasteiger charge is -2.42. The summed E-state index contributed by atoms with van der Waals surface area (Å²) < 4.78 is 2.02. The first kappa shape index (κ1) is 9.71. The van der Waals surface area contributed by atoms with Gasteiger partial charge in [-0.3, -0.25) is 4.68 Å². The third-order valence-electron chi connectivity index (χ3n) is 3.52. The van der Waals surface area contributed by atoms with Gasteiger partial charge < -0.3 is 5.73 Å². The van der Waals surface area contributed by atoms with Crippen molar-refractivity contribution < 1.29 is 0 Å². The van der Waals surface area contributed by atoms with Crippen molar-refractivity contribution in [1.29, 1.82) is 0 Å². The minimum absolute atomic E-state index is 0.556. The van der Waals surface area contributed by atoms with Gasteiger partial charge in [0.2, 0.25) is 0 Å². The number of aromatic nitrogens is 2. The average Bonchev–Trinajstić information content (AvgIpc) is 2.62. The van der Waals surface area contributed by atoms with E-state index in [1.54, 1.807) is 0 Å². The van der Waals surface area contributed by atoms with Gasteiger partial charge in [0, 0.05) is 18.9 Å². The Hall–Kier alpha value is -0.830. The second-order valence-corrected chi connectivity index (χ2v) is 4.41. The van der Waals surface area contributed by atoms with Gasteiger partial charge in [-0.25, -0.2) is 0 Å². The maximum atomic E-state index is 5.65. The van der Waals surface area contributed by atoms with Gasteiger partial charge in [-0.05, 0) is 43.7 Å². The van der Waals surface area contributed by atoms with E-state index in [0.29, 0.717) is 5.41 Å². The molecule has 14 heavy (non-hydrogen) atoms. The highest BCUT2D eigenvalue weighted by Crippen LogP contribution is 2.46. The lowest BCUT2D eigenvalue weighted by molar-refractivity contribution is 0.101. The van der Waals surface area contributed by atoms with Crippen molar-refractivity contribution in [1.82, 2.24) is 9.78 Å². The Morgan fingerprint density at radius 2 is 2.21 bits per heavy atom. The van der Waals surface area contributed by atoms with E-state index in [1.807, 2.05) is 23.1 Å². The summed E-state index contributed by atoms with van der Waals surface area (Å²) >= 11 is 0. The molecule has 1 heterocycles. The van der Waals surface area contributed by atoms with E-state index in [0.717, 1.165) is 13.1 Å². The molecule has 0 saturated heterocycles. The van der Waals surface area contributed by atoms with E-state index in [4.69, 9.17) is 5.73 Å². The summed E-state index contributed by atoms with van der Waals surface area (Å²) in [4.78, 5) is 0. The van der Waals surface area contributed by atoms with Crippen LogP contribution in [0.15, 0.2) is 18.5 Å². The first-order valence-electron chi connectivity index (χ1n) is 5.52. The lowest BCUT2D eigenvalue weighted by atomic mass is 9.64. The van der Waals surface area contributed by atoms with Crippen LogP contribution in [0.1, 0.15) is 32.1 Å². The van der Waals surface area contributed by atoms with Crippen molar-refractivity contribution in [2.75, 3.05) is 6.54 Å². The van der Waals surface area contributed by atoms with Crippen LogP contribution >= 0.6 is 0 Å². The number of nitrogens with zero attached hydrogens (tertiary/aromatic N) is 2. The largest absolute Gasteiger partial charge is 0.330 e. The SMILES string of the molecule is NCCC1(CCn2cccn2)CCC1. The minimum atomic E-state index is 0.556. The number of nitrogens with two attached hydrogens (primary N) is 1. The van der Waals surface area contributed by atoms with Crippen molar-refractivity contribution in [2.24, 2.45) is 11.1 Å². The van der Waals surface area contributed by atoms with Crippen LogP contribution < -0.4 is 5.73 Å². The third kappa shape index (κ3) is 1.98. The van der Waals surface area contributed by atoms with Crippen molar-refractivity contribution in [2.45, 2.75) is 38.6 Å². The molecule has 2 N–H and O–H groups in total. The van der Waals surface area contributed by atoms with Gasteiger partial charge in [0.15, 0.2) is 0 Å². The quantitative estimate of drug-likeness (QED) is 0.774. The summed E-state index contributed by atoms with van der Waals surface area (Å²) in [7, 11) is 0. The first-order chi connectivity index (χ1) is 6.85. The predicted molar refractivity (Wildman–Crippen MR) is 56.8 cm³/mol. The standard InChI is InChI=1S/C11H19N3/c12-7-5-11(3-1-4-11)6-10-14-9-2-8-13-14/h2,8-9H,1,3-7,10,12H2. The third-order valence-corrected chi connectivity index (χ3v) is 3.52. The van der Waals surface area contributed by atoms with E-state index < -0.39 is 0 Å². The molecule has 1 saturated carbocycles. The van der Waals surface area contributed by atoms with Crippen molar-refractivity contribution >= 4 is 0 Å². The maximum absolute atomic E-state index is 5.65. The van der Waals surface area contributed by atoms with Crippen molar-refractivity contribution in [3.63, 3.8) is 0 Å². The van der Waals surface area contributed by atoms with Gasteiger partial charge in [-0.15, -0.1) is 0 Å². The number of hydrogen-bond acceptors (Lipinski definition) is 2. The summed E-state index contributed by atoms with van der Waals surface area (Å²) in [5.74, 6) is 0. The molecular formula is C11H19N3. The molecular weight excluding hydrogens is 174 g/mol. The van der Waals surface area contributed by atoms with Gasteiger partial charge in [-0.2, -0.15) is 5.10 Å². The zero-order valence-corrected chi connectivity index (χ0v) is 8.65. The zero-order valence-electron chi connectivity index (χ0n) is 8.65. The normalized spacial score (nSPS) is 19.2. The zero-order chi connectivity index (χ0) is 9.86. The molecule has 1 aromatic heterocycles. The molecule has 1 aromatic rings. The Balaban J connectivity index is 1.83. The molecule has 0 atom stereocenters. The first-order valence-corrected chi connectivity index (χ1v) is 5.52. The van der Waals surface area contributed by atoms with Crippen LogP contribution in [0.5, 0.6) is 0 Å². The molecule has 0 unspecified atom stereocenters. The highest BCUT2D eigenvalue weighted by molar-refractivity contribution is 4.88. The monoisotopic (exact) mass is 193 g/mol. The summed E-state index contributed by atoms with van der Waals surface area (Å²) in [6.07, 6.45) is 10.4. The fourth-order valence-electron chi connectivity index (χ4n) is 2.39. The predicted octanol–water partition coefficient (Wildman–Crippen LogP) is 1.79. The highest BCUT2D eigenvalue weighted by atomic mass is 15.3. The summed E-state index contributed by atoms with van der Waals surface area (Å²) in [5.41, 5.74) is 6.21. The van der Waals surface area contributed by atoms with Crippen LogP contribution in [-0.4, -0.2) is 16.3 Å². The van der Waals surface area contributed by atoms with Gasteiger partial charge >= 0.3 is 0 Å². The van der Waals surface area contributed by atoms with E-state index >= 15 is 0 Å². The maximum Gasteiger partial charge on any atom is 0.0489 e.